The number of rotatable bonds is 55. The van der Waals surface area contributed by atoms with E-state index < -0.39 is 20.0 Å². The van der Waals surface area contributed by atoms with Crippen LogP contribution in [-0.4, -0.2) is 74.3 Å². The predicted octanol–water partition coefficient (Wildman–Crippen LogP) is 19.5. The molecule has 10 heteroatoms. The molecule has 2 N–H and O–H groups in total. The fourth-order valence-corrected chi connectivity index (χ4v) is 9.10. The van der Waals surface area contributed by atoms with Crippen molar-refractivity contribution in [1.29, 1.82) is 0 Å². The van der Waals surface area contributed by atoms with Gasteiger partial charge in [0.25, 0.3) is 0 Å². The van der Waals surface area contributed by atoms with Crippen molar-refractivity contribution in [2.75, 3.05) is 40.9 Å². The third kappa shape index (κ3) is 57.1. The Balaban J connectivity index is 5.14. The lowest BCUT2D eigenvalue weighted by Crippen LogP contribution is -2.47. The van der Waals surface area contributed by atoms with Crippen LogP contribution < -0.4 is 5.32 Å². The van der Waals surface area contributed by atoms with Gasteiger partial charge < -0.3 is 19.4 Å². The lowest BCUT2D eigenvalue weighted by molar-refractivity contribution is -0.870. The number of hydrogen-bond donors (Lipinski definition) is 2. The van der Waals surface area contributed by atoms with Crippen LogP contribution in [-0.2, 0) is 27.9 Å². The van der Waals surface area contributed by atoms with Crippen LogP contribution in [0.2, 0.25) is 0 Å². The summed E-state index contributed by atoms with van der Waals surface area (Å²) in [6, 6.07) is -0.870. The van der Waals surface area contributed by atoms with E-state index in [1.165, 1.54) is 70.6 Å². The molecule has 78 heavy (non-hydrogen) atoms. The number of carbonyl (C=O) groups is 2. The van der Waals surface area contributed by atoms with Crippen LogP contribution in [0.25, 0.3) is 0 Å². The second-order valence-corrected chi connectivity index (χ2v) is 23.3. The number of nitrogens with zero attached hydrogens (tertiary/aromatic N) is 1. The number of esters is 1. The van der Waals surface area contributed by atoms with Crippen LogP contribution in [0.3, 0.4) is 0 Å². The Morgan fingerprint density at radius 1 is 0.462 bits per heavy atom. The molecule has 0 radical (unpaired) electrons. The molecule has 0 aliphatic heterocycles. The zero-order valence-corrected chi connectivity index (χ0v) is 51.8. The maximum atomic E-state index is 13.5. The van der Waals surface area contributed by atoms with E-state index in [2.05, 4.69) is 135 Å². The Hall–Kier alpha value is -3.59. The minimum absolute atomic E-state index is 0.0283. The molecule has 0 fully saturated rings. The lowest BCUT2D eigenvalue weighted by atomic mass is 10.0. The Kier molecular flexibility index (Phi) is 54.1. The van der Waals surface area contributed by atoms with E-state index in [1.54, 1.807) is 0 Å². The molecule has 0 aliphatic rings. The number of phosphoric acid groups is 1. The van der Waals surface area contributed by atoms with Gasteiger partial charge in [-0.2, -0.15) is 0 Å². The summed E-state index contributed by atoms with van der Waals surface area (Å²) < 4.78 is 30.6. The van der Waals surface area contributed by atoms with E-state index in [1.807, 2.05) is 33.3 Å². The molecule has 0 heterocycles. The first-order valence-electron chi connectivity index (χ1n) is 31.4. The van der Waals surface area contributed by atoms with Crippen molar-refractivity contribution < 1.29 is 37.3 Å². The number of hydrogen-bond acceptors (Lipinski definition) is 6. The van der Waals surface area contributed by atoms with Gasteiger partial charge in [0.15, 0.2) is 0 Å². The van der Waals surface area contributed by atoms with Gasteiger partial charge in [0.2, 0.25) is 5.91 Å². The summed E-state index contributed by atoms with van der Waals surface area (Å²) in [5.74, 6) is -0.549. The van der Waals surface area contributed by atoms with E-state index in [9.17, 15) is 19.0 Å². The number of carbonyl (C=O) groups excluding carboxylic acids is 2. The zero-order chi connectivity index (χ0) is 57.2. The summed E-state index contributed by atoms with van der Waals surface area (Å²) in [7, 11) is 1.46. The number of allylic oxidation sites excluding steroid dienone is 19. The van der Waals surface area contributed by atoms with Crippen molar-refractivity contribution in [1.82, 2.24) is 5.32 Å². The highest BCUT2D eigenvalue weighted by Crippen LogP contribution is 2.43. The third-order valence-corrected chi connectivity index (χ3v) is 14.1. The van der Waals surface area contributed by atoms with Crippen LogP contribution >= 0.6 is 7.82 Å². The van der Waals surface area contributed by atoms with Gasteiger partial charge in [0, 0.05) is 12.8 Å². The summed E-state index contributed by atoms with van der Waals surface area (Å²) in [6.45, 7) is 6.74. The van der Waals surface area contributed by atoms with Gasteiger partial charge in [-0.3, -0.25) is 18.6 Å². The standard InChI is InChI=1S/C68H117N2O7P/c1-7-10-13-16-19-22-25-27-29-30-31-32-33-34-35-36-37-38-39-40-41-42-45-48-51-54-57-60-67(71)69-65(64-76-78(73,74)75-63-62-70(4,5)6)66(59-56-53-50-47-44-24-21-18-15-12-9-3)77-68(72)61-58-55-52-49-46-43-28-26-23-20-17-14-11-8-2/h10-11,13-14,19-20,22-23,27-29,31-32,34-35,37-38,43,56,59,65-66H,7-9,12,15-18,21,24-26,30,33,36,39-42,44-55,57-58,60-64H2,1-6H3,(H-,69,71,73,74)/p+1/b13-10-,14-11+,22-19-,23-20+,29-27-,32-31-,35-34-,38-37-,43-28+,59-56-. The molecule has 0 saturated carbocycles. The summed E-state index contributed by atoms with van der Waals surface area (Å²) >= 11 is 0. The minimum atomic E-state index is -4.46. The smallest absolute Gasteiger partial charge is 0.456 e. The maximum absolute atomic E-state index is 13.5. The molecule has 0 aromatic heterocycles. The maximum Gasteiger partial charge on any atom is 0.472 e. The molecule has 446 valence electrons. The molecule has 3 atom stereocenters. The van der Waals surface area contributed by atoms with Gasteiger partial charge in [-0.1, -0.05) is 239 Å². The normalized spacial score (nSPS) is 14.5. The molecule has 0 aliphatic carbocycles. The molecule has 0 spiro atoms. The Bertz CT molecular complexity index is 1750. The van der Waals surface area contributed by atoms with Crippen LogP contribution in [0.1, 0.15) is 245 Å². The summed E-state index contributed by atoms with van der Waals surface area (Å²) in [6.07, 6.45) is 79.2. The molecule has 9 nitrogen and oxygen atoms in total. The lowest BCUT2D eigenvalue weighted by Gasteiger charge is -2.27. The van der Waals surface area contributed by atoms with Crippen LogP contribution in [0.5, 0.6) is 0 Å². The third-order valence-electron chi connectivity index (χ3n) is 13.1. The molecule has 0 aromatic carbocycles. The monoisotopic (exact) mass is 1110 g/mol. The van der Waals surface area contributed by atoms with Gasteiger partial charge in [0.05, 0.1) is 33.8 Å². The van der Waals surface area contributed by atoms with Crippen LogP contribution in [0.15, 0.2) is 122 Å². The summed E-state index contributed by atoms with van der Waals surface area (Å²) in [5, 5.41) is 3.04. The minimum Gasteiger partial charge on any atom is -0.456 e. The van der Waals surface area contributed by atoms with Crippen molar-refractivity contribution in [2.24, 2.45) is 0 Å². The highest BCUT2D eigenvalue weighted by Gasteiger charge is 2.30. The Morgan fingerprint density at radius 3 is 1.23 bits per heavy atom. The number of likely N-dealkylation sites (N-methyl/N-ethyl adjacent to an activating group) is 1. The second kappa shape index (κ2) is 56.7. The van der Waals surface area contributed by atoms with E-state index >= 15 is 0 Å². The molecule has 0 bridgehead atoms. The number of unbranched alkanes of at least 4 members (excludes halogenated alkanes) is 21. The summed E-state index contributed by atoms with van der Waals surface area (Å²) in [4.78, 5) is 37.7. The van der Waals surface area contributed by atoms with E-state index in [0.717, 1.165) is 135 Å². The molecular formula is C68H118N2O7P+. The van der Waals surface area contributed by atoms with Gasteiger partial charge in [0.1, 0.15) is 19.3 Å². The first-order valence-corrected chi connectivity index (χ1v) is 32.9. The topological polar surface area (TPSA) is 111 Å². The van der Waals surface area contributed by atoms with Gasteiger partial charge in [-0.25, -0.2) is 4.57 Å². The number of phosphoric ester groups is 1. The summed E-state index contributed by atoms with van der Waals surface area (Å²) in [5.41, 5.74) is 0. The highest BCUT2D eigenvalue weighted by molar-refractivity contribution is 7.47. The average Bonchev–Trinajstić information content (AvgIpc) is 3.41. The number of amides is 1. The van der Waals surface area contributed by atoms with E-state index in [-0.39, 0.29) is 31.5 Å². The van der Waals surface area contributed by atoms with Crippen molar-refractivity contribution in [2.45, 2.75) is 258 Å². The fourth-order valence-electron chi connectivity index (χ4n) is 8.37. The number of nitrogens with one attached hydrogen (secondary N) is 1. The largest absolute Gasteiger partial charge is 0.472 e. The molecule has 0 aromatic rings. The van der Waals surface area contributed by atoms with Crippen molar-refractivity contribution in [3.8, 4) is 0 Å². The van der Waals surface area contributed by atoms with E-state index in [4.69, 9.17) is 13.8 Å². The Labute approximate surface area is 480 Å². The van der Waals surface area contributed by atoms with Crippen LogP contribution in [0, 0.1) is 0 Å². The Morgan fingerprint density at radius 2 is 0.821 bits per heavy atom. The van der Waals surface area contributed by atoms with Crippen molar-refractivity contribution in [3.63, 3.8) is 0 Å². The number of quaternary nitrogens is 1. The SMILES string of the molecule is CC/C=C\C/C=C\C/C=C\C/C=C\C/C=C\C/C=C\CCCCCCCCCCC(=O)NC(COP(=O)(O)OCC[N+](C)(C)C)C(/C=C\CCCCCCCCCCC)OC(=O)CCCCCC/C=C/C/C=C/C/C=C/CC. The molecule has 0 saturated heterocycles. The van der Waals surface area contributed by atoms with Gasteiger partial charge >= 0.3 is 13.8 Å². The second-order valence-electron chi connectivity index (χ2n) is 21.8. The fraction of sp³-hybridized carbons (Fsp3) is 0.676. The molecule has 3 unspecified atom stereocenters. The molecular weight excluding hydrogens is 988 g/mol. The highest BCUT2D eigenvalue weighted by atomic mass is 31.2. The first-order chi connectivity index (χ1) is 37.9. The predicted molar refractivity (Wildman–Crippen MR) is 336 cm³/mol. The van der Waals surface area contributed by atoms with Gasteiger partial charge in [-0.15, -0.1) is 0 Å². The quantitative estimate of drug-likeness (QED) is 0.0205. The number of ether oxygens (including phenoxy) is 1. The first kappa shape index (κ1) is 74.4. The van der Waals surface area contributed by atoms with Crippen LogP contribution in [0.4, 0.5) is 0 Å². The van der Waals surface area contributed by atoms with Gasteiger partial charge in [-0.05, 0) is 115 Å². The van der Waals surface area contributed by atoms with Crippen molar-refractivity contribution >= 4 is 19.7 Å². The molecule has 0 rings (SSSR count). The molecule has 1 amide bonds. The zero-order valence-electron chi connectivity index (χ0n) is 50.9. The van der Waals surface area contributed by atoms with E-state index in [0.29, 0.717) is 23.9 Å². The average molecular weight is 1110 g/mol. The van der Waals surface area contributed by atoms with Crippen molar-refractivity contribution in [3.05, 3.63) is 122 Å².